The highest BCUT2D eigenvalue weighted by atomic mass is 35.5. The normalized spacial score (nSPS) is 10.2. The van der Waals surface area contributed by atoms with E-state index in [0.29, 0.717) is 22.0 Å². The maximum absolute atomic E-state index is 12.0. The Kier molecular flexibility index (Phi) is 3.58. The van der Waals surface area contributed by atoms with Crippen molar-refractivity contribution < 1.29 is 9.53 Å². The number of amides is 1. The van der Waals surface area contributed by atoms with Gasteiger partial charge in [0.15, 0.2) is 0 Å². The van der Waals surface area contributed by atoms with Crippen molar-refractivity contribution in [2.24, 2.45) is 0 Å². The van der Waals surface area contributed by atoms with E-state index in [1.165, 1.54) is 0 Å². The van der Waals surface area contributed by atoms with Crippen molar-refractivity contribution in [1.82, 2.24) is 4.98 Å². The van der Waals surface area contributed by atoms with E-state index < -0.39 is 0 Å². The lowest BCUT2D eigenvalue weighted by molar-refractivity contribution is 0.102. The van der Waals surface area contributed by atoms with Crippen LogP contribution in [0.15, 0.2) is 30.5 Å². The lowest BCUT2D eigenvalue weighted by Gasteiger charge is -2.10. The molecule has 0 saturated heterocycles. The number of nitrogens with one attached hydrogen (secondary N) is 2. The summed E-state index contributed by atoms with van der Waals surface area (Å²) in [5.41, 5.74) is 1.96. The number of carbonyl (C=O) groups excluding carboxylic acids is 1. The fraction of sp³-hybridized carbons (Fsp3) is 0.154. The second-order valence-electron chi connectivity index (χ2n) is 3.82. The number of ether oxygens (including phenoxy) is 1. The molecule has 2 aromatic rings. The van der Waals surface area contributed by atoms with Crippen LogP contribution in [0.3, 0.4) is 0 Å². The van der Waals surface area contributed by atoms with Crippen molar-refractivity contribution in [3.63, 3.8) is 0 Å². The number of carbonyl (C=O) groups is 1. The predicted molar refractivity (Wildman–Crippen MR) is 71.5 cm³/mol. The van der Waals surface area contributed by atoms with Crippen molar-refractivity contribution >= 4 is 23.2 Å². The van der Waals surface area contributed by atoms with Crippen molar-refractivity contribution in [3.05, 3.63) is 46.7 Å². The van der Waals surface area contributed by atoms with Gasteiger partial charge in [0.05, 0.1) is 18.4 Å². The van der Waals surface area contributed by atoms with Gasteiger partial charge in [0.1, 0.15) is 5.75 Å². The van der Waals surface area contributed by atoms with Crippen LogP contribution in [0, 0.1) is 6.92 Å². The van der Waals surface area contributed by atoms with Crippen LogP contribution in [-0.4, -0.2) is 18.0 Å². The first kappa shape index (κ1) is 12.5. The molecule has 2 N–H and O–H groups in total. The molecule has 0 fully saturated rings. The van der Waals surface area contributed by atoms with Crippen LogP contribution in [0.25, 0.3) is 0 Å². The Hall–Kier alpha value is -1.94. The summed E-state index contributed by atoms with van der Waals surface area (Å²) >= 11 is 5.90. The first-order valence-electron chi connectivity index (χ1n) is 5.40. The smallest absolute Gasteiger partial charge is 0.257 e. The Balaban J connectivity index is 2.27. The van der Waals surface area contributed by atoms with Gasteiger partial charge in [-0.15, -0.1) is 0 Å². The SMILES string of the molecule is COc1ccc(Cl)cc1NC(=O)c1cc[nH]c1C. The molecule has 0 saturated carbocycles. The monoisotopic (exact) mass is 264 g/mol. The summed E-state index contributed by atoms with van der Waals surface area (Å²) in [5, 5.41) is 3.32. The summed E-state index contributed by atoms with van der Waals surface area (Å²) in [4.78, 5) is 15.0. The number of rotatable bonds is 3. The van der Waals surface area contributed by atoms with E-state index in [4.69, 9.17) is 16.3 Å². The van der Waals surface area contributed by atoms with Crippen molar-refractivity contribution in [1.29, 1.82) is 0 Å². The van der Waals surface area contributed by atoms with Gasteiger partial charge in [-0.25, -0.2) is 0 Å². The molecule has 0 aliphatic rings. The van der Waals surface area contributed by atoms with Crippen molar-refractivity contribution in [2.75, 3.05) is 12.4 Å². The van der Waals surface area contributed by atoms with Crippen molar-refractivity contribution in [3.8, 4) is 5.75 Å². The molecule has 18 heavy (non-hydrogen) atoms. The highest BCUT2D eigenvalue weighted by Crippen LogP contribution is 2.28. The van der Waals surface area contributed by atoms with E-state index in [1.807, 2.05) is 6.92 Å². The van der Waals surface area contributed by atoms with Gasteiger partial charge < -0.3 is 15.0 Å². The van der Waals surface area contributed by atoms with Gasteiger partial charge >= 0.3 is 0 Å². The number of aryl methyl sites for hydroxylation is 1. The summed E-state index contributed by atoms with van der Waals surface area (Å²) in [6.07, 6.45) is 1.72. The molecule has 94 valence electrons. The number of hydrogen-bond acceptors (Lipinski definition) is 2. The maximum atomic E-state index is 12.0. The zero-order valence-electron chi connectivity index (χ0n) is 10.1. The Bertz CT molecular complexity index is 578. The molecular weight excluding hydrogens is 252 g/mol. The molecule has 2 rings (SSSR count). The summed E-state index contributed by atoms with van der Waals surface area (Å²) in [5.74, 6) is 0.371. The summed E-state index contributed by atoms with van der Waals surface area (Å²) in [6.45, 7) is 1.84. The number of halogens is 1. The fourth-order valence-electron chi connectivity index (χ4n) is 1.67. The van der Waals surface area contributed by atoms with Crippen LogP contribution in [0.5, 0.6) is 5.75 Å². The predicted octanol–water partition coefficient (Wildman–Crippen LogP) is 3.24. The molecule has 1 aromatic carbocycles. The maximum Gasteiger partial charge on any atom is 0.257 e. The zero-order chi connectivity index (χ0) is 13.1. The summed E-state index contributed by atoms with van der Waals surface area (Å²) < 4.78 is 5.17. The molecule has 0 atom stereocenters. The van der Waals surface area contributed by atoms with E-state index in [2.05, 4.69) is 10.3 Å². The number of benzene rings is 1. The molecule has 0 bridgehead atoms. The van der Waals surface area contributed by atoms with Gasteiger partial charge in [-0.3, -0.25) is 4.79 Å². The number of anilines is 1. The van der Waals surface area contributed by atoms with Crippen LogP contribution in [0.2, 0.25) is 5.02 Å². The minimum atomic E-state index is -0.200. The number of H-pyrrole nitrogens is 1. The lowest BCUT2D eigenvalue weighted by atomic mass is 10.2. The minimum absolute atomic E-state index is 0.200. The molecule has 0 aliphatic heterocycles. The molecule has 0 radical (unpaired) electrons. The first-order chi connectivity index (χ1) is 8.61. The number of hydrogen-bond donors (Lipinski definition) is 2. The zero-order valence-corrected chi connectivity index (χ0v) is 10.8. The standard InChI is InChI=1S/C13H13ClN2O2/c1-8-10(5-6-15-8)13(17)16-11-7-9(14)3-4-12(11)18-2/h3-7,15H,1-2H3,(H,16,17). The Labute approximate surface area is 110 Å². The second kappa shape index (κ2) is 5.14. The van der Waals surface area contributed by atoms with E-state index in [9.17, 15) is 4.79 Å². The molecule has 0 spiro atoms. The molecule has 0 unspecified atom stereocenters. The molecule has 1 aromatic heterocycles. The van der Waals surface area contributed by atoms with E-state index in [-0.39, 0.29) is 5.91 Å². The van der Waals surface area contributed by atoms with Crippen LogP contribution in [0.4, 0.5) is 5.69 Å². The highest BCUT2D eigenvalue weighted by Gasteiger charge is 2.12. The highest BCUT2D eigenvalue weighted by molar-refractivity contribution is 6.31. The first-order valence-corrected chi connectivity index (χ1v) is 5.78. The molecule has 1 heterocycles. The summed E-state index contributed by atoms with van der Waals surface area (Å²) in [6, 6.07) is 6.79. The third-order valence-corrected chi connectivity index (χ3v) is 2.84. The van der Waals surface area contributed by atoms with Crippen LogP contribution in [-0.2, 0) is 0 Å². The van der Waals surface area contributed by atoms with Gasteiger partial charge in [0.2, 0.25) is 0 Å². The number of methoxy groups -OCH3 is 1. The average molecular weight is 265 g/mol. The number of aromatic nitrogens is 1. The van der Waals surface area contributed by atoms with Gasteiger partial charge in [-0.05, 0) is 31.2 Å². The third-order valence-electron chi connectivity index (χ3n) is 2.61. The van der Waals surface area contributed by atoms with Gasteiger partial charge in [-0.2, -0.15) is 0 Å². The second-order valence-corrected chi connectivity index (χ2v) is 4.25. The van der Waals surface area contributed by atoms with E-state index in [0.717, 1.165) is 5.69 Å². The molecule has 1 amide bonds. The largest absolute Gasteiger partial charge is 0.495 e. The summed E-state index contributed by atoms with van der Waals surface area (Å²) in [7, 11) is 1.54. The molecule has 4 nitrogen and oxygen atoms in total. The Morgan fingerprint density at radius 2 is 2.17 bits per heavy atom. The minimum Gasteiger partial charge on any atom is -0.495 e. The van der Waals surface area contributed by atoms with Crippen molar-refractivity contribution in [2.45, 2.75) is 6.92 Å². The average Bonchev–Trinajstić information content (AvgIpc) is 2.76. The van der Waals surface area contributed by atoms with Gasteiger partial charge in [0, 0.05) is 16.9 Å². The van der Waals surface area contributed by atoms with Crippen LogP contribution < -0.4 is 10.1 Å². The van der Waals surface area contributed by atoms with Gasteiger partial charge in [-0.1, -0.05) is 11.6 Å². The Morgan fingerprint density at radius 3 is 2.78 bits per heavy atom. The third kappa shape index (κ3) is 2.49. The molecule has 0 aliphatic carbocycles. The van der Waals surface area contributed by atoms with E-state index in [1.54, 1.807) is 37.6 Å². The van der Waals surface area contributed by atoms with Gasteiger partial charge in [0.25, 0.3) is 5.91 Å². The van der Waals surface area contributed by atoms with Crippen LogP contribution >= 0.6 is 11.6 Å². The molecule has 5 heteroatoms. The fourth-order valence-corrected chi connectivity index (χ4v) is 1.84. The van der Waals surface area contributed by atoms with Crippen LogP contribution in [0.1, 0.15) is 16.1 Å². The quantitative estimate of drug-likeness (QED) is 0.894. The van der Waals surface area contributed by atoms with E-state index >= 15 is 0 Å². The Morgan fingerprint density at radius 1 is 1.39 bits per heavy atom. The number of aromatic amines is 1. The lowest BCUT2D eigenvalue weighted by Crippen LogP contribution is -2.13. The topological polar surface area (TPSA) is 54.1 Å². The molecular formula is C13H13ClN2O2.